The number of amides is 1. The topological polar surface area (TPSA) is 84.5 Å². The summed E-state index contributed by atoms with van der Waals surface area (Å²) in [6.45, 7) is 5.62. The maximum absolute atomic E-state index is 12.5. The van der Waals surface area contributed by atoms with Crippen LogP contribution in [-0.4, -0.2) is 20.9 Å². The van der Waals surface area contributed by atoms with Crippen molar-refractivity contribution in [2.45, 2.75) is 25.7 Å². The average molecular weight is 425 g/mol. The van der Waals surface area contributed by atoms with E-state index in [9.17, 15) is 13.2 Å². The summed E-state index contributed by atoms with van der Waals surface area (Å²) in [6.07, 6.45) is 0. The van der Waals surface area contributed by atoms with Crippen LogP contribution in [0.5, 0.6) is 5.75 Å². The molecule has 0 aliphatic heterocycles. The Bertz CT molecular complexity index is 1160. The van der Waals surface area contributed by atoms with Gasteiger partial charge in [-0.25, -0.2) is 8.42 Å². The first-order valence-corrected chi connectivity index (χ1v) is 10.9. The Labute approximate surface area is 177 Å². The normalized spacial score (nSPS) is 11.0. The zero-order valence-corrected chi connectivity index (χ0v) is 17.9. The molecule has 2 N–H and O–H groups in total. The van der Waals surface area contributed by atoms with Gasteiger partial charge in [0, 0.05) is 11.4 Å². The van der Waals surface area contributed by atoms with Crippen LogP contribution < -0.4 is 14.8 Å². The second kappa shape index (κ2) is 9.00. The van der Waals surface area contributed by atoms with Gasteiger partial charge >= 0.3 is 0 Å². The number of benzene rings is 3. The molecule has 0 spiro atoms. The molecule has 0 radical (unpaired) electrons. The fourth-order valence-electron chi connectivity index (χ4n) is 2.84. The molecule has 6 nitrogen and oxygen atoms in total. The SMILES string of the molecule is Cc1cccc(NS(=O)(=O)c2ccc(NC(=O)COc3cc(C)ccc3C)cc2)c1. The van der Waals surface area contributed by atoms with Crippen LogP contribution >= 0.6 is 0 Å². The maximum Gasteiger partial charge on any atom is 0.262 e. The molecule has 0 unspecified atom stereocenters. The van der Waals surface area contributed by atoms with Crippen molar-refractivity contribution in [3.63, 3.8) is 0 Å². The predicted octanol–water partition coefficient (Wildman–Crippen LogP) is 4.43. The highest BCUT2D eigenvalue weighted by Crippen LogP contribution is 2.20. The summed E-state index contributed by atoms with van der Waals surface area (Å²) in [7, 11) is -3.72. The van der Waals surface area contributed by atoms with Crippen molar-refractivity contribution in [3.8, 4) is 5.75 Å². The number of hydrogen-bond donors (Lipinski definition) is 2. The molecule has 0 saturated heterocycles. The fourth-order valence-corrected chi connectivity index (χ4v) is 3.89. The van der Waals surface area contributed by atoms with Crippen LogP contribution in [0.1, 0.15) is 16.7 Å². The number of rotatable bonds is 7. The summed E-state index contributed by atoms with van der Waals surface area (Å²) < 4.78 is 33.2. The average Bonchev–Trinajstić information content (AvgIpc) is 2.69. The van der Waals surface area contributed by atoms with Crippen LogP contribution in [-0.2, 0) is 14.8 Å². The number of hydrogen-bond acceptors (Lipinski definition) is 4. The van der Waals surface area contributed by atoms with Crippen molar-refractivity contribution in [1.82, 2.24) is 0 Å². The number of carbonyl (C=O) groups is 1. The van der Waals surface area contributed by atoms with Crippen molar-refractivity contribution < 1.29 is 17.9 Å². The zero-order chi connectivity index (χ0) is 21.7. The van der Waals surface area contributed by atoms with E-state index in [1.165, 1.54) is 12.1 Å². The molecule has 3 aromatic rings. The van der Waals surface area contributed by atoms with Crippen LogP contribution in [0.15, 0.2) is 71.6 Å². The number of aryl methyl sites for hydroxylation is 3. The Morgan fingerprint density at radius 2 is 1.57 bits per heavy atom. The van der Waals surface area contributed by atoms with E-state index in [0.717, 1.165) is 16.7 Å². The van der Waals surface area contributed by atoms with Crippen LogP contribution in [0.2, 0.25) is 0 Å². The van der Waals surface area contributed by atoms with Crippen molar-refractivity contribution in [2.75, 3.05) is 16.6 Å². The van der Waals surface area contributed by atoms with Gasteiger partial charge in [-0.2, -0.15) is 0 Å². The van der Waals surface area contributed by atoms with Crippen molar-refractivity contribution in [3.05, 3.63) is 83.4 Å². The number of anilines is 2. The molecule has 7 heteroatoms. The van der Waals surface area contributed by atoms with Crippen LogP contribution in [0, 0.1) is 20.8 Å². The van der Waals surface area contributed by atoms with Crippen LogP contribution in [0.25, 0.3) is 0 Å². The lowest BCUT2D eigenvalue weighted by molar-refractivity contribution is -0.118. The van der Waals surface area contributed by atoms with Gasteiger partial charge in [0.05, 0.1) is 4.90 Å². The molecule has 3 aromatic carbocycles. The second-order valence-electron chi connectivity index (χ2n) is 7.11. The summed E-state index contributed by atoms with van der Waals surface area (Å²) in [5.74, 6) is 0.332. The molecular weight excluding hydrogens is 400 g/mol. The molecule has 0 bridgehead atoms. The fraction of sp³-hybridized carbons (Fsp3) is 0.174. The highest BCUT2D eigenvalue weighted by Gasteiger charge is 2.14. The van der Waals surface area contributed by atoms with Crippen molar-refractivity contribution in [1.29, 1.82) is 0 Å². The summed E-state index contributed by atoms with van der Waals surface area (Å²) in [5, 5.41) is 2.70. The molecular formula is C23H24N2O4S. The Balaban J connectivity index is 1.61. The highest BCUT2D eigenvalue weighted by molar-refractivity contribution is 7.92. The maximum atomic E-state index is 12.5. The summed E-state index contributed by atoms with van der Waals surface area (Å²) in [6, 6.07) is 18.9. The third kappa shape index (κ3) is 5.61. The number of carbonyl (C=O) groups excluding carboxylic acids is 1. The lowest BCUT2D eigenvalue weighted by atomic mass is 10.1. The molecule has 0 saturated carbocycles. The molecule has 3 rings (SSSR count). The quantitative estimate of drug-likeness (QED) is 0.588. The molecule has 0 fully saturated rings. The van der Waals surface area contributed by atoms with Gasteiger partial charge in [0.25, 0.3) is 15.9 Å². The summed E-state index contributed by atoms with van der Waals surface area (Å²) in [4.78, 5) is 12.3. The van der Waals surface area contributed by atoms with Gasteiger partial charge < -0.3 is 10.1 Å². The van der Waals surface area contributed by atoms with E-state index in [4.69, 9.17) is 4.74 Å². The molecule has 0 aromatic heterocycles. The van der Waals surface area contributed by atoms with E-state index >= 15 is 0 Å². The first-order chi connectivity index (χ1) is 14.2. The Hall–Kier alpha value is -3.32. The van der Waals surface area contributed by atoms with Crippen LogP contribution in [0.3, 0.4) is 0 Å². The first kappa shape index (κ1) is 21.4. The largest absolute Gasteiger partial charge is 0.483 e. The number of ether oxygens (including phenoxy) is 1. The minimum absolute atomic E-state index is 0.105. The van der Waals surface area contributed by atoms with Crippen LogP contribution in [0.4, 0.5) is 11.4 Å². The minimum Gasteiger partial charge on any atom is -0.483 e. The molecule has 0 heterocycles. The van der Waals surface area contributed by atoms with Gasteiger partial charge in [-0.1, -0.05) is 24.3 Å². The van der Waals surface area contributed by atoms with Gasteiger partial charge in [0.15, 0.2) is 6.61 Å². The molecule has 1 amide bonds. The Morgan fingerprint density at radius 3 is 2.27 bits per heavy atom. The molecule has 156 valence electrons. The lowest BCUT2D eigenvalue weighted by Crippen LogP contribution is -2.20. The molecule has 0 aliphatic rings. The van der Waals surface area contributed by atoms with Crippen molar-refractivity contribution >= 4 is 27.3 Å². The number of nitrogens with one attached hydrogen (secondary N) is 2. The summed E-state index contributed by atoms with van der Waals surface area (Å²) in [5.41, 5.74) is 3.93. The van der Waals surface area contributed by atoms with E-state index in [1.807, 2.05) is 45.0 Å². The summed E-state index contributed by atoms with van der Waals surface area (Å²) >= 11 is 0. The van der Waals surface area contributed by atoms with E-state index < -0.39 is 10.0 Å². The molecule has 0 aliphatic carbocycles. The minimum atomic E-state index is -3.72. The standard InChI is InChI=1S/C23H24N2O4S/c1-16-5-4-6-20(13-16)25-30(27,28)21-11-9-19(10-12-21)24-23(26)15-29-22-14-17(2)7-8-18(22)3/h4-14,25H,15H2,1-3H3,(H,24,26). The van der Waals surface area contributed by atoms with Gasteiger partial charge in [0.2, 0.25) is 0 Å². The van der Waals surface area contributed by atoms with Gasteiger partial charge in [-0.3, -0.25) is 9.52 Å². The monoisotopic (exact) mass is 424 g/mol. The Kier molecular flexibility index (Phi) is 6.42. The van der Waals surface area contributed by atoms with Gasteiger partial charge in [-0.05, 0) is 79.9 Å². The smallest absolute Gasteiger partial charge is 0.262 e. The van der Waals surface area contributed by atoms with Gasteiger partial charge in [0.1, 0.15) is 5.75 Å². The van der Waals surface area contributed by atoms with Gasteiger partial charge in [-0.15, -0.1) is 0 Å². The first-order valence-electron chi connectivity index (χ1n) is 9.42. The predicted molar refractivity (Wildman–Crippen MR) is 118 cm³/mol. The van der Waals surface area contributed by atoms with E-state index in [2.05, 4.69) is 10.0 Å². The zero-order valence-electron chi connectivity index (χ0n) is 17.1. The second-order valence-corrected chi connectivity index (χ2v) is 8.79. The third-order valence-corrected chi connectivity index (χ3v) is 5.82. The number of sulfonamides is 1. The lowest BCUT2D eigenvalue weighted by Gasteiger charge is -2.11. The third-order valence-electron chi connectivity index (χ3n) is 4.42. The van der Waals surface area contributed by atoms with Crippen molar-refractivity contribution in [2.24, 2.45) is 0 Å². The van der Waals surface area contributed by atoms with E-state index in [0.29, 0.717) is 17.1 Å². The molecule has 0 atom stereocenters. The molecule has 30 heavy (non-hydrogen) atoms. The highest BCUT2D eigenvalue weighted by atomic mass is 32.2. The Morgan fingerprint density at radius 1 is 0.867 bits per heavy atom. The van der Waals surface area contributed by atoms with E-state index in [1.54, 1.807) is 30.3 Å². The van der Waals surface area contributed by atoms with E-state index in [-0.39, 0.29) is 17.4 Å².